The van der Waals surface area contributed by atoms with Gasteiger partial charge in [0.05, 0.1) is 15.9 Å². The number of aryl methyl sites for hydroxylation is 1. The van der Waals surface area contributed by atoms with Crippen LogP contribution in [0.15, 0.2) is 65.4 Å². The number of primary amides is 1. The normalized spacial score (nSPS) is 11.5. The molecule has 14 heteroatoms. The van der Waals surface area contributed by atoms with E-state index in [0.717, 1.165) is 15.8 Å². The first-order valence-corrected chi connectivity index (χ1v) is 13.9. The number of amides is 2. The first kappa shape index (κ1) is 26.7. The van der Waals surface area contributed by atoms with E-state index >= 15 is 0 Å². The number of rotatable bonds is 7. The number of alkyl halides is 2. The lowest BCUT2D eigenvalue weighted by molar-refractivity contribution is 0.100. The van der Waals surface area contributed by atoms with Crippen molar-refractivity contribution in [1.29, 1.82) is 0 Å². The van der Waals surface area contributed by atoms with Gasteiger partial charge in [0.15, 0.2) is 11.3 Å². The predicted molar refractivity (Wildman–Crippen MR) is 154 cm³/mol. The molecule has 0 bridgehead atoms. The first-order valence-electron chi connectivity index (χ1n) is 12.3. The molecule has 0 atom stereocenters. The molecule has 2 amide bonds. The summed E-state index contributed by atoms with van der Waals surface area (Å²) < 4.78 is 31.5. The maximum Gasteiger partial charge on any atom is 0.280 e. The molecule has 6 rings (SSSR count). The number of fused-ring (bicyclic) bond motifs is 2. The number of hydrogen-bond acceptors (Lipinski definition) is 7. The number of nitrogens with one attached hydrogen (secondary N) is 1. The SMILES string of the molecule is CCn1cc(Br)c(-c2ccnc3cc(C(=O)Nc4c(C(N)=O)sc5nc(C(F)F)cc(-c6ccccc6)c45)nn23)n1. The van der Waals surface area contributed by atoms with E-state index in [9.17, 15) is 18.4 Å². The molecule has 10 nitrogen and oxygen atoms in total. The number of nitrogens with zero attached hydrogens (tertiary/aromatic N) is 6. The predicted octanol–water partition coefficient (Wildman–Crippen LogP) is 5.94. The van der Waals surface area contributed by atoms with Crippen LogP contribution in [0, 0.1) is 0 Å². The van der Waals surface area contributed by atoms with Crippen LogP contribution in [-0.2, 0) is 6.54 Å². The van der Waals surface area contributed by atoms with Crippen LogP contribution in [-0.4, -0.2) is 41.2 Å². The van der Waals surface area contributed by atoms with Crippen LogP contribution in [0.25, 0.3) is 38.4 Å². The molecule has 5 aromatic heterocycles. The molecule has 0 radical (unpaired) electrons. The van der Waals surface area contributed by atoms with Gasteiger partial charge in [0.2, 0.25) is 0 Å². The largest absolute Gasteiger partial charge is 0.365 e. The summed E-state index contributed by atoms with van der Waals surface area (Å²) in [5.41, 5.74) is 7.86. The Kier molecular flexibility index (Phi) is 6.79. The molecule has 0 fully saturated rings. The van der Waals surface area contributed by atoms with Crippen molar-refractivity contribution in [2.45, 2.75) is 19.9 Å². The molecule has 206 valence electrons. The van der Waals surface area contributed by atoms with Crippen molar-refractivity contribution in [3.63, 3.8) is 0 Å². The standard InChI is InChI=1S/C27H19BrF2N8O2S/c1-2-37-12-15(28)21(36-37)18-8-9-32-19-11-17(35-38(18)19)26(40)34-22-20-14(13-6-4-3-5-7-13)10-16(24(29)30)33-27(20)41-23(22)25(31)39/h3-12,24H,2H2,1H3,(H2,31,39)(H,34,40). The highest BCUT2D eigenvalue weighted by atomic mass is 79.9. The van der Waals surface area contributed by atoms with Gasteiger partial charge in [-0.05, 0) is 46.1 Å². The number of nitrogens with two attached hydrogens (primary N) is 1. The number of carbonyl (C=O) groups is 2. The molecule has 1 aromatic carbocycles. The van der Waals surface area contributed by atoms with Gasteiger partial charge in [-0.25, -0.2) is 23.3 Å². The molecule has 0 aliphatic heterocycles. The smallest absolute Gasteiger partial charge is 0.280 e. The molecule has 0 saturated carbocycles. The second-order valence-corrected chi connectivity index (χ2v) is 10.7. The van der Waals surface area contributed by atoms with Crippen LogP contribution in [0.5, 0.6) is 0 Å². The van der Waals surface area contributed by atoms with Crippen LogP contribution < -0.4 is 11.1 Å². The fourth-order valence-electron chi connectivity index (χ4n) is 4.46. The van der Waals surface area contributed by atoms with Gasteiger partial charge in [0.25, 0.3) is 18.2 Å². The minimum atomic E-state index is -2.84. The number of hydrogen-bond donors (Lipinski definition) is 2. The molecule has 6 aromatic rings. The number of thiophene rings is 1. The van der Waals surface area contributed by atoms with Gasteiger partial charge in [0.1, 0.15) is 21.1 Å². The number of pyridine rings is 1. The highest BCUT2D eigenvalue weighted by Crippen LogP contribution is 2.42. The van der Waals surface area contributed by atoms with Crippen molar-refractivity contribution in [3.05, 3.63) is 81.7 Å². The van der Waals surface area contributed by atoms with Crippen molar-refractivity contribution < 1.29 is 18.4 Å². The van der Waals surface area contributed by atoms with E-state index in [0.29, 0.717) is 40.1 Å². The third kappa shape index (κ3) is 4.74. The minimum absolute atomic E-state index is 0.00388. The van der Waals surface area contributed by atoms with Crippen molar-refractivity contribution in [2.24, 2.45) is 5.73 Å². The fraction of sp³-hybridized carbons (Fsp3) is 0.111. The fourth-order valence-corrected chi connectivity index (χ4v) is 6.00. The van der Waals surface area contributed by atoms with Gasteiger partial charge in [-0.2, -0.15) is 10.2 Å². The van der Waals surface area contributed by atoms with Gasteiger partial charge in [-0.3, -0.25) is 14.3 Å². The molecular weight excluding hydrogens is 618 g/mol. The van der Waals surface area contributed by atoms with E-state index < -0.39 is 23.9 Å². The zero-order valence-electron chi connectivity index (χ0n) is 21.2. The van der Waals surface area contributed by atoms with Crippen LogP contribution >= 0.6 is 27.3 Å². The summed E-state index contributed by atoms with van der Waals surface area (Å²) in [6, 6.07) is 13.3. The number of carbonyl (C=O) groups excluding carboxylic acids is 2. The van der Waals surface area contributed by atoms with Crippen molar-refractivity contribution >= 4 is 60.6 Å². The lowest BCUT2D eigenvalue weighted by Crippen LogP contribution is -2.17. The molecular formula is C27H19BrF2N8O2S. The van der Waals surface area contributed by atoms with Gasteiger partial charge < -0.3 is 11.1 Å². The van der Waals surface area contributed by atoms with E-state index in [1.54, 1.807) is 47.3 Å². The van der Waals surface area contributed by atoms with Gasteiger partial charge in [0, 0.05) is 30.4 Å². The van der Waals surface area contributed by atoms with E-state index in [1.165, 1.54) is 16.6 Å². The van der Waals surface area contributed by atoms with E-state index in [-0.39, 0.29) is 21.1 Å². The molecule has 0 aliphatic carbocycles. The lowest BCUT2D eigenvalue weighted by Gasteiger charge is -2.10. The lowest BCUT2D eigenvalue weighted by atomic mass is 10.0. The first-order chi connectivity index (χ1) is 19.7. The third-order valence-corrected chi connectivity index (χ3v) is 8.01. The molecule has 0 spiro atoms. The van der Waals surface area contributed by atoms with Gasteiger partial charge in [-0.1, -0.05) is 30.3 Å². The average molecular weight is 637 g/mol. The topological polar surface area (TPSA) is 133 Å². The highest BCUT2D eigenvalue weighted by molar-refractivity contribution is 9.10. The molecule has 0 unspecified atom stereocenters. The Labute approximate surface area is 243 Å². The van der Waals surface area contributed by atoms with Gasteiger partial charge >= 0.3 is 0 Å². The molecule has 0 aliphatic rings. The average Bonchev–Trinajstić information content (AvgIpc) is 3.68. The zero-order valence-corrected chi connectivity index (χ0v) is 23.6. The number of aromatic nitrogens is 6. The summed E-state index contributed by atoms with van der Waals surface area (Å²) in [6.45, 7) is 2.62. The molecule has 41 heavy (non-hydrogen) atoms. The second kappa shape index (κ2) is 10.4. The Morgan fingerprint density at radius 2 is 1.93 bits per heavy atom. The summed E-state index contributed by atoms with van der Waals surface area (Å²) in [5.74, 6) is -1.49. The van der Waals surface area contributed by atoms with Crippen molar-refractivity contribution in [3.8, 4) is 22.5 Å². The Morgan fingerprint density at radius 1 is 1.15 bits per heavy atom. The number of benzene rings is 1. The van der Waals surface area contributed by atoms with E-state index in [2.05, 4.69) is 41.4 Å². The van der Waals surface area contributed by atoms with Gasteiger partial charge in [-0.15, -0.1) is 11.3 Å². The van der Waals surface area contributed by atoms with E-state index in [1.807, 2.05) is 13.1 Å². The maximum atomic E-state index is 13.7. The highest BCUT2D eigenvalue weighted by Gasteiger charge is 2.26. The summed E-state index contributed by atoms with van der Waals surface area (Å²) in [7, 11) is 0. The summed E-state index contributed by atoms with van der Waals surface area (Å²) in [4.78, 5) is 34.5. The summed E-state index contributed by atoms with van der Waals surface area (Å²) in [5, 5.41) is 12.1. The van der Waals surface area contributed by atoms with Crippen LogP contribution in [0.4, 0.5) is 14.5 Å². The second-order valence-electron chi connectivity index (χ2n) is 8.88. The summed E-state index contributed by atoms with van der Waals surface area (Å²) >= 11 is 4.35. The Hall–Kier alpha value is -4.56. The Morgan fingerprint density at radius 3 is 2.61 bits per heavy atom. The molecule has 0 saturated heterocycles. The third-order valence-electron chi connectivity index (χ3n) is 6.33. The van der Waals surface area contributed by atoms with Crippen molar-refractivity contribution in [1.82, 2.24) is 29.4 Å². The molecule has 5 heterocycles. The number of halogens is 3. The van der Waals surface area contributed by atoms with Crippen LogP contribution in [0.1, 0.15) is 39.2 Å². The quantitative estimate of drug-likeness (QED) is 0.223. The summed E-state index contributed by atoms with van der Waals surface area (Å²) in [6.07, 6.45) is 0.577. The Balaban J connectivity index is 1.48. The maximum absolute atomic E-state index is 13.7. The van der Waals surface area contributed by atoms with Crippen LogP contribution in [0.2, 0.25) is 0 Å². The molecule has 3 N–H and O–H groups in total. The van der Waals surface area contributed by atoms with E-state index in [4.69, 9.17) is 5.73 Å². The zero-order chi connectivity index (χ0) is 28.8. The minimum Gasteiger partial charge on any atom is -0.365 e. The monoisotopic (exact) mass is 636 g/mol. The van der Waals surface area contributed by atoms with Crippen molar-refractivity contribution in [2.75, 3.05) is 5.32 Å². The Bertz CT molecular complexity index is 1970. The van der Waals surface area contributed by atoms with Crippen LogP contribution in [0.3, 0.4) is 0 Å². The number of anilines is 1.